The van der Waals surface area contributed by atoms with Crippen molar-refractivity contribution < 1.29 is 18.0 Å². The minimum Gasteiger partial charge on any atom is -0.349 e. The average molecular weight is 256 g/mol. The Morgan fingerprint density at radius 3 is 2.67 bits per heavy atom. The molecule has 0 aliphatic carbocycles. The first-order chi connectivity index (χ1) is 8.34. The van der Waals surface area contributed by atoms with Crippen LogP contribution in [0.2, 0.25) is 0 Å². The van der Waals surface area contributed by atoms with Gasteiger partial charge in [-0.05, 0) is 19.1 Å². The van der Waals surface area contributed by atoms with Crippen molar-refractivity contribution in [1.82, 2.24) is 10.3 Å². The maximum atomic E-state index is 12.2. The molecule has 0 radical (unpaired) electrons. The Bertz CT molecular complexity index is 460. The van der Waals surface area contributed by atoms with Gasteiger partial charge in [-0.25, -0.2) is 0 Å². The normalized spacial score (nSPS) is 12.6. The van der Waals surface area contributed by atoms with Gasteiger partial charge in [-0.1, -0.05) is 0 Å². The van der Waals surface area contributed by atoms with Crippen molar-refractivity contribution in [3.05, 3.63) is 29.6 Å². The molecule has 1 atom stereocenters. The number of nitrogens with one attached hydrogen (secondary N) is 1. The molecule has 0 fully saturated rings. The van der Waals surface area contributed by atoms with E-state index in [9.17, 15) is 18.0 Å². The molecular formula is C12H11F3N2O. The van der Waals surface area contributed by atoms with Crippen LogP contribution in [0.1, 0.15) is 29.4 Å². The van der Waals surface area contributed by atoms with Crippen molar-refractivity contribution in [3.63, 3.8) is 0 Å². The van der Waals surface area contributed by atoms with Crippen LogP contribution in [0.5, 0.6) is 0 Å². The van der Waals surface area contributed by atoms with Gasteiger partial charge in [-0.15, -0.1) is 12.3 Å². The van der Waals surface area contributed by atoms with Crippen LogP contribution < -0.4 is 5.32 Å². The zero-order valence-corrected chi connectivity index (χ0v) is 9.58. The lowest BCUT2D eigenvalue weighted by Crippen LogP contribution is -2.32. The van der Waals surface area contributed by atoms with E-state index in [-0.39, 0.29) is 11.6 Å². The van der Waals surface area contributed by atoms with Crippen LogP contribution in [-0.4, -0.2) is 16.9 Å². The van der Waals surface area contributed by atoms with Crippen LogP contribution in [0.25, 0.3) is 0 Å². The molecule has 0 saturated carbocycles. The number of terminal acetylenes is 1. The Hall–Kier alpha value is -2.03. The summed E-state index contributed by atoms with van der Waals surface area (Å²) in [5.74, 6) is 1.87. The highest BCUT2D eigenvalue weighted by Gasteiger charge is 2.32. The molecule has 1 unspecified atom stereocenters. The molecule has 0 spiro atoms. The highest BCUT2D eigenvalue weighted by molar-refractivity contribution is 5.94. The summed E-state index contributed by atoms with van der Waals surface area (Å²) >= 11 is 0. The first kappa shape index (κ1) is 14.0. The maximum absolute atomic E-state index is 12.2. The summed E-state index contributed by atoms with van der Waals surface area (Å²) in [4.78, 5) is 14.8. The number of alkyl halides is 3. The minimum atomic E-state index is -4.51. The number of hydrogen-bond acceptors (Lipinski definition) is 2. The summed E-state index contributed by atoms with van der Waals surface area (Å²) in [5, 5.41) is 2.55. The molecule has 0 aliphatic heterocycles. The average Bonchev–Trinajstić information content (AvgIpc) is 2.28. The molecular weight excluding hydrogens is 245 g/mol. The number of aromatic nitrogens is 1. The Morgan fingerprint density at radius 1 is 1.56 bits per heavy atom. The third-order valence-electron chi connectivity index (χ3n) is 2.12. The molecule has 3 nitrogen and oxygen atoms in total. The largest absolute Gasteiger partial charge is 0.433 e. The van der Waals surface area contributed by atoms with Crippen molar-refractivity contribution in [3.8, 4) is 12.3 Å². The van der Waals surface area contributed by atoms with Crippen LogP contribution in [0, 0.1) is 12.3 Å². The molecule has 1 aromatic rings. The van der Waals surface area contributed by atoms with Gasteiger partial charge in [0.05, 0.1) is 5.56 Å². The highest BCUT2D eigenvalue weighted by atomic mass is 19.4. The third-order valence-corrected chi connectivity index (χ3v) is 2.12. The number of pyridine rings is 1. The topological polar surface area (TPSA) is 42.0 Å². The van der Waals surface area contributed by atoms with Gasteiger partial charge in [0.25, 0.3) is 5.91 Å². The first-order valence-electron chi connectivity index (χ1n) is 5.12. The number of carbonyl (C=O) groups is 1. The molecule has 1 aromatic heterocycles. The highest BCUT2D eigenvalue weighted by Crippen LogP contribution is 2.27. The zero-order chi connectivity index (χ0) is 13.8. The fourth-order valence-corrected chi connectivity index (χ4v) is 1.23. The summed E-state index contributed by atoms with van der Waals surface area (Å²) in [6, 6.07) is 1.60. The van der Waals surface area contributed by atoms with Crippen molar-refractivity contribution in [2.24, 2.45) is 0 Å². The number of amides is 1. The molecule has 0 aliphatic rings. The van der Waals surface area contributed by atoms with Gasteiger partial charge in [-0.2, -0.15) is 13.2 Å². The number of rotatable bonds is 3. The number of carbonyl (C=O) groups excluding carboxylic acids is 1. The predicted octanol–water partition coefficient (Wildman–Crippen LogP) is 2.24. The SMILES string of the molecule is C#CCC(C)NC(=O)c1ccc(C(F)(F)F)nc1. The van der Waals surface area contributed by atoms with E-state index in [0.29, 0.717) is 6.42 Å². The van der Waals surface area contributed by atoms with Crippen molar-refractivity contribution in [1.29, 1.82) is 0 Å². The van der Waals surface area contributed by atoms with Crippen LogP contribution in [0.3, 0.4) is 0 Å². The molecule has 0 aromatic carbocycles. The second-order valence-corrected chi connectivity index (χ2v) is 3.71. The number of halogens is 3. The quantitative estimate of drug-likeness (QED) is 0.843. The first-order valence-corrected chi connectivity index (χ1v) is 5.12. The Morgan fingerprint density at radius 2 is 2.22 bits per heavy atom. The van der Waals surface area contributed by atoms with Crippen molar-refractivity contribution >= 4 is 5.91 Å². The minimum absolute atomic E-state index is 0.0619. The number of nitrogens with zero attached hydrogens (tertiary/aromatic N) is 1. The molecule has 0 bridgehead atoms. The fraction of sp³-hybridized carbons (Fsp3) is 0.333. The lowest BCUT2D eigenvalue weighted by molar-refractivity contribution is -0.141. The monoisotopic (exact) mass is 256 g/mol. The van der Waals surface area contributed by atoms with Crippen molar-refractivity contribution in [2.75, 3.05) is 0 Å². The van der Waals surface area contributed by atoms with E-state index >= 15 is 0 Å². The van der Waals surface area contributed by atoms with Gasteiger partial charge < -0.3 is 5.32 Å². The molecule has 18 heavy (non-hydrogen) atoms. The van der Waals surface area contributed by atoms with Gasteiger partial charge in [0.2, 0.25) is 0 Å². The van der Waals surface area contributed by atoms with Gasteiger partial charge in [-0.3, -0.25) is 9.78 Å². The zero-order valence-electron chi connectivity index (χ0n) is 9.58. The van der Waals surface area contributed by atoms with Crippen LogP contribution in [-0.2, 0) is 6.18 Å². The fourth-order valence-electron chi connectivity index (χ4n) is 1.23. The molecule has 1 N–H and O–H groups in total. The summed E-state index contributed by atoms with van der Waals surface area (Å²) < 4.78 is 36.7. The third kappa shape index (κ3) is 3.77. The van der Waals surface area contributed by atoms with Gasteiger partial charge in [0.15, 0.2) is 0 Å². The summed E-state index contributed by atoms with van der Waals surface area (Å²) in [6.45, 7) is 1.70. The standard InChI is InChI=1S/C12H11F3N2O/c1-3-4-8(2)17-11(18)9-5-6-10(16-7-9)12(13,14)15/h1,5-8H,4H2,2H3,(H,17,18). The molecule has 1 rings (SSSR count). The van der Waals surface area contributed by atoms with E-state index in [0.717, 1.165) is 18.3 Å². The second kappa shape index (κ2) is 5.54. The van der Waals surface area contributed by atoms with Gasteiger partial charge >= 0.3 is 6.18 Å². The number of hydrogen-bond donors (Lipinski definition) is 1. The van der Waals surface area contributed by atoms with Gasteiger partial charge in [0, 0.05) is 18.7 Å². The van der Waals surface area contributed by atoms with Gasteiger partial charge in [0.1, 0.15) is 5.69 Å². The van der Waals surface area contributed by atoms with E-state index in [1.807, 2.05) is 0 Å². The second-order valence-electron chi connectivity index (χ2n) is 3.71. The Balaban J connectivity index is 2.74. The van der Waals surface area contributed by atoms with E-state index < -0.39 is 17.8 Å². The summed E-state index contributed by atoms with van der Waals surface area (Å²) in [7, 11) is 0. The van der Waals surface area contributed by atoms with E-state index in [1.54, 1.807) is 6.92 Å². The summed E-state index contributed by atoms with van der Waals surface area (Å²) in [6.07, 6.45) is 1.80. The van der Waals surface area contributed by atoms with Crippen LogP contribution in [0.15, 0.2) is 18.3 Å². The van der Waals surface area contributed by atoms with Crippen LogP contribution >= 0.6 is 0 Å². The van der Waals surface area contributed by atoms with Crippen LogP contribution in [0.4, 0.5) is 13.2 Å². The molecule has 96 valence electrons. The Labute approximate surface area is 102 Å². The van der Waals surface area contributed by atoms with Crippen molar-refractivity contribution in [2.45, 2.75) is 25.6 Å². The van der Waals surface area contributed by atoms with E-state index in [2.05, 4.69) is 16.2 Å². The van der Waals surface area contributed by atoms with E-state index in [4.69, 9.17) is 6.42 Å². The lowest BCUT2D eigenvalue weighted by Gasteiger charge is -2.11. The Kier molecular flexibility index (Phi) is 4.32. The smallest absolute Gasteiger partial charge is 0.349 e. The molecule has 0 saturated heterocycles. The molecule has 6 heteroatoms. The molecule has 1 heterocycles. The summed E-state index contributed by atoms with van der Waals surface area (Å²) in [5.41, 5.74) is -0.970. The lowest BCUT2D eigenvalue weighted by atomic mass is 10.2. The molecule has 1 amide bonds. The van der Waals surface area contributed by atoms with E-state index in [1.165, 1.54) is 0 Å². The maximum Gasteiger partial charge on any atom is 0.433 e. The predicted molar refractivity (Wildman–Crippen MR) is 59.6 cm³/mol.